The molecule has 7 heteroatoms. The molecule has 5 rings (SSSR count). The highest BCUT2D eigenvalue weighted by Gasteiger charge is 2.45. The topological polar surface area (TPSA) is 72.0 Å². The van der Waals surface area contributed by atoms with E-state index >= 15 is 0 Å². The highest BCUT2D eigenvalue weighted by atomic mass is 16.5. The number of methoxy groups -OCH3 is 1. The van der Waals surface area contributed by atoms with Gasteiger partial charge in [0.05, 0.1) is 31.5 Å². The number of nitrogens with zero attached hydrogens (tertiary/aromatic N) is 3. The van der Waals surface area contributed by atoms with Gasteiger partial charge in [-0.1, -0.05) is 24.3 Å². The molecule has 2 aromatic carbocycles. The molecule has 2 aliphatic rings. The molecule has 2 unspecified atom stereocenters. The summed E-state index contributed by atoms with van der Waals surface area (Å²) in [5, 5.41) is 0. The molecule has 0 spiro atoms. The molecule has 1 fully saturated rings. The molecule has 1 saturated heterocycles. The van der Waals surface area contributed by atoms with Gasteiger partial charge in [-0.15, -0.1) is 0 Å². The lowest BCUT2D eigenvalue weighted by molar-refractivity contribution is -0.122. The van der Waals surface area contributed by atoms with Crippen molar-refractivity contribution >= 4 is 17.5 Å². The van der Waals surface area contributed by atoms with Crippen LogP contribution in [0.4, 0.5) is 5.69 Å². The van der Waals surface area contributed by atoms with E-state index in [9.17, 15) is 9.59 Å². The molecule has 0 N–H and O–H groups in total. The van der Waals surface area contributed by atoms with E-state index in [0.717, 1.165) is 11.3 Å². The van der Waals surface area contributed by atoms with Gasteiger partial charge in [-0.05, 0) is 42.0 Å². The van der Waals surface area contributed by atoms with Crippen LogP contribution in [0.2, 0.25) is 0 Å². The fraction of sp³-hybridized carbons (Fsp3) is 0.240. The fourth-order valence-electron chi connectivity index (χ4n) is 4.33. The fourth-order valence-corrected chi connectivity index (χ4v) is 4.33. The predicted molar refractivity (Wildman–Crippen MR) is 119 cm³/mol. The summed E-state index contributed by atoms with van der Waals surface area (Å²) in [5.74, 6) is 1.08. The van der Waals surface area contributed by atoms with Gasteiger partial charge in [-0.25, -0.2) is 0 Å². The van der Waals surface area contributed by atoms with Gasteiger partial charge in [0.1, 0.15) is 23.6 Å². The summed E-state index contributed by atoms with van der Waals surface area (Å²) in [7, 11) is 1.62. The Labute approximate surface area is 186 Å². The Morgan fingerprint density at radius 1 is 1.12 bits per heavy atom. The minimum atomic E-state index is -0.598. The Kier molecular flexibility index (Phi) is 5.23. The molecular weight excluding hydrogens is 406 g/mol. The van der Waals surface area contributed by atoms with E-state index < -0.39 is 6.04 Å². The number of ether oxygens (including phenoxy) is 2. The monoisotopic (exact) mass is 429 g/mol. The van der Waals surface area contributed by atoms with Crippen molar-refractivity contribution in [3.8, 4) is 11.5 Å². The van der Waals surface area contributed by atoms with Crippen LogP contribution < -0.4 is 14.4 Å². The van der Waals surface area contributed by atoms with Crippen LogP contribution in [0.5, 0.6) is 11.5 Å². The van der Waals surface area contributed by atoms with Crippen molar-refractivity contribution in [2.75, 3.05) is 18.6 Å². The minimum Gasteiger partial charge on any atom is -0.497 e. The maximum atomic E-state index is 13.8. The molecule has 3 heterocycles. The molecule has 32 heavy (non-hydrogen) atoms. The zero-order chi connectivity index (χ0) is 22.1. The number of hydrogen-bond donors (Lipinski definition) is 0. The molecule has 2 bridgehead atoms. The van der Waals surface area contributed by atoms with Crippen molar-refractivity contribution < 1.29 is 19.1 Å². The summed E-state index contributed by atoms with van der Waals surface area (Å²) < 4.78 is 11.5. The van der Waals surface area contributed by atoms with Crippen molar-refractivity contribution in [1.82, 2.24) is 9.88 Å². The SMILES string of the molecule is COc1ccc(CN2C(=O)C3CC(CN3C(=O)c3cccnc3)Oc3ccccc32)cc1. The lowest BCUT2D eigenvalue weighted by atomic mass is 10.1. The first-order valence-corrected chi connectivity index (χ1v) is 10.5. The van der Waals surface area contributed by atoms with Gasteiger partial charge in [0, 0.05) is 18.8 Å². The summed E-state index contributed by atoms with van der Waals surface area (Å²) in [6, 6.07) is 18.0. The highest BCUT2D eigenvalue weighted by Crippen LogP contribution is 2.37. The third kappa shape index (κ3) is 3.66. The number of fused-ring (bicyclic) bond motifs is 3. The maximum Gasteiger partial charge on any atom is 0.256 e. The molecule has 0 saturated carbocycles. The van der Waals surface area contributed by atoms with E-state index in [1.54, 1.807) is 35.2 Å². The van der Waals surface area contributed by atoms with Gasteiger partial charge in [-0.2, -0.15) is 0 Å². The molecule has 2 amide bonds. The first-order valence-electron chi connectivity index (χ1n) is 10.5. The molecule has 1 aromatic heterocycles. The van der Waals surface area contributed by atoms with Gasteiger partial charge < -0.3 is 19.3 Å². The molecule has 2 atom stereocenters. The molecular formula is C25H23N3O4. The van der Waals surface area contributed by atoms with Crippen molar-refractivity contribution in [1.29, 1.82) is 0 Å². The third-order valence-electron chi connectivity index (χ3n) is 5.93. The number of anilines is 1. The average Bonchev–Trinajstić information content (AvgIpc) is 3.27. The lowest BCUT2D eigenvalue weighted by Crippen LogP contribution is -2.47. The van der Waals surface area contributed by atoms with E-state index in [1.807, 2.05) is 48.5 Å². The van der Waals surface area contributed by atoms with E-state index in [4.69, 9.17) is 9.47 Å². The third-order valence-corrected chi connectivity index (χ3v) is 5.93. The van der Waals surface area contributed by atoms with Gasteiger partial charge in [0.25, 0.3) is 5.91 Å². The molecule has 0 aliphatic carbocycles. The van der Waals surface area contributed by atoms with Crippen LogP contribution in [-0.2, 0) is 11.3 Å². The van der Waals surface area contributed by atoms with Crippen LogP contribution in [0.25, 0.3) is 0 Å². The quantitative estimate of drug-likeness (QED) is 0.636. The Balaban J connectivity index is 1.50. The summed E-state index contributed by atoms with van der Waals surface area (Å²) in [4.78, 5) is 34.4. The summed E-state index contributed by atoms with van der Waals surface area (Å²) in [6.45, 7) is 0.716. The first-order chi connectivity index (χ1) is 15.6. The Morgan fingerprint density at radius 3 is 2.69 bits per heavy atom. The maximum absolute atomic E-state index is 13.8. The van der Waals surface area contributed by atoms with Crippen LogP contribution in [-0.4, -0.2) is 47.5 Å². The van der Waals surface area contributed by atoms with E-state index in [1.165, 1.54) is 6.20 Å². The number of hydrogen-bond acceptors (Lipinski definition) is 5. The standard InChI is InChI=1S/C25H23N3O4/c1-31-19-10-8-17(9-11-19)15-27-21-6-2-3-7-23(21)32-20-13-22(25(27)30)28(16-20)24(29)18-5-4-12-26-14-18/h2-12,14,20,22H,13,15-16H2,1H3. The Bertz CT molecular complexity index is 1130. The number of aromatic nitrogens is 1. The number of carbonyl (C=O) groups is 2. The molecule has 7 nitrogen and oxygen atoms in total. The number of carbonyl (C=O) groups excluding carboxylic acids is 2. The van der Waals surface area contributed by atoms with Gasteiger partial charge in [-0.3, -0.25) is 14.6 Å². The Hall–Kier alpha value is -3.87. The van der Waals surface area contributed by atoms with Crippen molar-refractivity contribution in [2.24, 2.45) is 0 Å². The van der Waals surface area contributed by atoms with Gasteiger partial charge in [0.2, 0.25) is 5.91 Å². The largest absolute Gasteiger partial charge is 0.497 e. The van der Waals surface area contributed by atoms with Crippen LogP contribution in [0, 0.1) is 0 Å². The molecule has 3 aromatic rings. The minimum absolute atomic E-state index is 0.115. The second-order valence-electron chi connectivity index (χ2n) is 7.93. The predicted octanol–water partition coefficient (Wildman–Crippen LogP) is 3.30. The van der Waals surface area contributed by atoms with E-state index in [-0.39, 0.29) is 17.9 Å². The van der Waals surface area contributed by atoms with Crippen molar-refractivity contribution in [3.05, 3.63) is 84.2 Å². The molecule has 2 aliphatic heterocycles. The second-order valence-corrected chi connectivity index (χ2v) is 7.93. The number of para-hydroxylation sites is 2. The zero-order valence-corrected chi connectivity index (χ0v) is 17.7. The Morgan fingerprint density at radius 2 is 1.94 bits per heavy atom. The van der Waals surface area contributed by atoms with Crippen LogP contribution in [0.1, 0.15) is 22.3 Å². The summed E-state index contributed by atoms with van der Waals surface area (Å²) >= 11 is 0. The number of pyridine rings is 1. The van der Waals surface area contributed by atoms with Crippen molar-refractivity contribution in [2.45, 2.75) is 25.1 Å². The smallest absolute Gasteiger partial charge is 0.256 e. The summed E-state index contributed by atoms with van der Waals surface area (Å²) in [5.41, 5.74) is 2.12. The lowest BCUT2D eigenvalue weighted by Gasteiger charge is -2.32. The van der Waals surface area contributed by atoms with Gasteiger partial charge >= 0.3 is 0 Å². The second kappa shape index (κ2) is 8.34. The zero-order valence-electron chi connectivity index (χ0n) is 17.7. The number of benzene rings is 2. The number of likely N-dealkylation sites (tertiary alicyclic amines) is 1. The van der Waals surface area contributed by atoms with Crippen molar-refractivity contribution in [3.63, 3.8) is 0 Å². The average molecular weight is 429 g/mol. The summed E-state index contributed by atoms with van der Waals surface area (Å²) in [6.07, 6.45) is 3.37. The number of rotatable bonds is 4. The van der Waals surface area contributed by atoms with Crippen LogP contribution in [0.3, 0.4) is 0 Å². The van der Waals surface area contributed by atoms with E-state index in [0.29, 0.717) is 36.5 Å². The number of amides is 2. The van der Waals surface area contributed by atoms with Gasteiger partial charge in [0.15, 0.2) is 0 Å². The van der Waals surface area contributed by atoms with Crippen LogP contribution in [0.15, 0.2) is 73.1 Å². The van der Waals surface area contributed by atoms with E-state index in [2.05, 4.69) is 4.98 Å². The first kappa shape index (κ1) is 20.1. The normalized spacial score (nSPS) is 19.6. The molecule has 162 valence electrons. The molecule has 0 radical (unpaired) electrons. The highest BCUT2D eigenvalue weighted by molar-refractivity contribution is 6.03. The van der Waals surface area contributed by atoms with Crippen LogP contribution >= 0.6 is 0 Å².